The van der Waals surface area contributed by atoms with Crippen LogP contribution in [0.4, 0.5) is 11.4 Å². The van der Waals surface area contributed by atoms with E-state index in [0.29, 0.717) is 11.3 Å². The van der Waals surface area contributed by atoms with E-state index in [-0.39, 0.29) is 0 Å². The quantitative estimate of drug-likeness (QED) is 0.0726. The van der Waals surface area contributed by atoms with Gasteiger partial charge in [-0.3, -0.25) is 0 Å². The molecule has 0 saturated heterocycles. The summed E-state index contributed by atoms with van der Waals surface area (Å²) >= 11 is 4.06. The molecular formula is C58H72N2S2. The van der Waals surface area contributed by atoms with Crippen molar-refractivity contribution in [2.24, 2.45) is 5.92 Å². The van der Waals surface area contributed by atoms with Gasteiger partial charge in [0.1, 0.15) is 0 Å². The highest BCUT2D eigenvalue weighted by atomic mass is 32.2. The molecule has 8 rings (SSSR count). The third-order valence-corrected chi connectivity index (χ3v) is 16.0. The third-order valence-electron chi connectivity index (χ3n) is 13.7. The highest BCUT2D eigenvalue weighted by Crippen LogP contribution is 2.50. The van der Waals surface area contributed by atoms with Crippen molar-refractivity contribution in [3.8, 4) is 22.3 Å². The number of fused-ring (bicyclic) bond motifs is 3. The fraction of sp³-hybridized carbons (Fsp3) is 0.448. The van der Waals surface area contributed by atoms with Crippen LogP contribution in [0.1, 0.15) is 142 Å². The summed E-state index contributed by atoms with van der Waals surface area (Å²) in [4.78, 5) is 8.22. The zero-order chi connectivity index (χ0) is 42.4. The van der Waals surface area contributed by atoms with Crippen molar-refractivity contribution in [1.29, 1.82) is 0 Å². The second-order valence-electron chi connectivity index (χ2n) is 18.4. The highest BCUT2D eigenvalue weighted by Gasteiger charge is 2.31. The van der Waals surface area contributed by atoms with Gasteiger partial charge >= 0.3 is 0 Å². The van der Waals surface area contributed by atoms with E-state index in [9.17, 15) is 0 Å². The Hall–Kier alpha value is -3.86. The normalized spacial score (nSPS) is 19.5. The Morgan fingerprint density at radius 3 is 1.76 bits per heavy atom. The lowest BCUT2D eigenvalue weighted by Gasteiger charge is -2.30. The molecule has 4 aromatic carbocycles. The van der Waals surface area contributed by atoms with Gasteiger partial charge in [0, 0.05) is 22.9 Å². The number of nitrogens with zero attached hydrogens (tertiary/aromatic N) is 2. The molecule has 2 aliphatic carbocycles. The first-order valence-corrected chi connectivity index (χ1v) is 26.5. The van der Waals surface area contributed by atoms with Crippen molar-refractivity contribution in [3.05, 3.63) is 143 Å². The Labute approximate surface area is 384 Å². The van der Waals surface area contributed by atoms with Gasteiger partial charge in [0.25, 0.3) is 0 Å². The Bertz CT molecular complexity index is 2160. The average molecular weight is 861 g/mol. The molecule has 0 spiro atoms. The number of rotatable bonds is 22. The summed E-state index contributed by atoms with van der Waals surface area (Å²) in [6.07, 6.45) is 36.9. The van der Waals surface area contributed by atoms with Crippen LogP contribution in [0.25, 0.3) is 22.3 Å². The number of benzene rings is 4. The van der Waals surface area contributed by atoms with E-state index in [4.69, 9.17) is 0 Å². The highest BCUT2D eigenvalue weighted by molar-refractivity contribution is 8.03. The van der Waals surface area contributed by atoms with E-state index >= 15 is 0 Å². The van der Waals surface area contributed by atoms with Gasteiger partial charge < -0.3 is 9.80 Å². The summed E-state index contributed by atoms with van der Waals surface area (Å²) in [6, 6.07) is 36.2. The molecular weight excluding hydrogens is 789 g/mol. The summed E-state index contributed by atoms with van der Waals surface area (Å²) < 4.78 is 0. The first-order valence-electron chi connectivity index (χ1n) is 24.8. The maximum atomic E-state index is 2.73. The lowest BCUT2D eigenvalue weighted by atomic mass is 9.77. The Morgan fingerprint density at radius 2 is 1.11 bits per heavy atom. The third kappa shape index (κ3) is 11.8. The monoisotopic (exact) mass is 861 g/mol. The van der Waals surface area contributed by atoms with Crippen molar-refractivity contribution in [3.63, 3.8) is 0 Å². The predicted octanol–water partition coefficient (Wildman–Crippen LogP) is 18.0. The van der Waals surface area contributed by atoms with Gasteiger partial charge in [-0.05, 0) is 120 Å². The van der Waals surface area contributed by atoms with Gasteiger partial charge in [0.15, 0.2) is 0 Å². The van der Waals surface area contributed by atoms with E-state index in [0.717, 1.165) is 13.1 Å². The number of hydrogen-bond acceptors (Lipinski definition) is 4. The minimum Gasteiger partial charge on any atom is -0.355 e. The van der Waals surface area contributed by atoms with E-state index in [1.54, 1.807) is 5.57 Å². The van der Waals surface area contributed by atoms with Crippen LogP contribution in [0.15, 0.2) is 153 Å². The maximum absolute atomic E-state index is 2.73. The van der Waals surface area contributed by atoms with Crippen molar-refractivity contribution >= 4 is 34.9 Å². The second kappa shape index (κ2) is 23.2. The molecule has 4 aliphatic rings. The molecule has 4 aromatic rings. The number of thioether (sulfide) groups is 2. The van der Waals surface area contributed by atoms with Gasteiger partial charge in [0.05, 0.1) is 21.8 Å². The summed E-state index contributed by atoms with van der Waals surface area (Å²) in [5.74, 6) is 0.680. The van der Waals surface area contributed by atoms with Crippen LogP contribution in [0.3, 0.4) is 0 Å². The van der Waals surface area contributed by atoms with Gasteiger partial charge in [0.2, 0.25) is 0 Å². The number of anilines is 2. The molecule has 0 fully saturated rings. The fourth-order valence-electron chi connectivity index (χ4n) is 10.0. The molecule has 0 aromatic heterocycles. The molecule has 0 bridgehead atoms. The minimum atomic E-state index is 0.345. The Balaban J connectivity index is 0.993. The van der Waals surface area contributed by atoms with Gasteiger partial charge in [-0.25, -0.2) is 0 Å². The molecule has 2 nitrogen and oxygen atoms in total. The summed E-state index contributed by atoms with van der Waals surface area (Å²) in [7, 11) is 0. The molecule has 4 heteroatoms. The van der Waals surface area contributed by atoms with Gasteiger partial charge in [-0.2, -0.15) is 0 Å². The van der Waals surface area contributed by atoms with Crippen LogP contribution in [-0.4, -0.2) is 18.5 Å². The number of allylic oxidation sites excluding steroid dienone is 6. The first-order chi connectivity index (χ1) is 30.7. The summed E-state index contributed by atoms with van der Waals surface area (Å²) in [5, 5.41) is 1.76. The zero-order valence-corrected chi connectivity index (χ0v) is 39.6. The van der Waals surface area contributed by atoms with Crippen LogP contribution < -0.4 is 9.80 Å². The number of hydrogen-bond donors (Lipinski definition) is 0. The van der Waals surface area contributed by atoms with Crippen LogP contribution in [0.5, 0.6) is 0 Å². The molecule has 0 N–H and O–H groups in total. The molecule has 2 aliphatic heterocycles. The zero-order valence-electron chi connectivity index (χ0n) is 38.0. The predicted molar refractivity (Wildman–Crippen MR) is 273 cm³/mol. The average Bonchev–Trinajstić information content (AvgIpc) is 3.83. The fourth-order valence-corrected chi connectivity index (χ4v) is 12.6. The molecule has 326 valence electrons. The second-order valence-corrected chi connectivity index (χ2v) is 20.6. The Kier molecular flexibility index (Phi) is 16.7. The largest absolute Gasteiger partial charge is 0.355 e. The van der Waals surface area contributed by atoms with Gasteiger partial charge in [-0.1, -0.05) is 212 Å². The topological polar surface area (TPSA) is 6.48 Å². The molecule has 62 heavy (non-hydrogen) atoms. The van der Waals surface area contributed by atoms with E-state index in [2.05, 4.69) is 157 Å². The molecule has 2 unspecified atom stereocenters. The minimum absolute atomic E-state index is 0.345. The SMILES string of the molecule is CCCCCCCCCCN1/C(=C/C2=CC3=C/C(=C/C4Sc5cc(-c6ccccc6)ccc5N4CCCCCCCCCC)CCC3CC2)Sc2cc(-c3ccccc3)ccc21. The van der Waals surface area contributed by atoms with Gasteiger partial charge in [-0.15, -0.1) is 0 Å². The summed E-state index contributed by atoms with van der Waals surface area (Å²) in [6.45, 7) is 6.85. The lowest BCUT2D eigenvalue weighted by molar-refractivity contribution is 0.501. The summed E-state index contributed by atoms with van der Waals surface area (Å²) in [5.41, 5.74) is 12.6. The smallest absolute Gasteiger partial charge is 0.0988 e. The van der Waals surface area contributed by atoms with Crippen molar-refractivity contribution in [1.82, 2.24) is 0 Å². The van der Waals surface area contributed by atoms with Crippen LogP contribution in [0.2, 0.25) is 0 Å². The Morgan fingerprint density at radius 1 is 0.548 bits per heavy atom. The molecule has 2 atom stereocenters. The molecule has 0 saturated carbocycles. The van der Waals surface area contributed by atoms with Crippen molar-refractivity contribution in [2.75, 3.05) is 22.9 Å². The van der Waals surface area contributed by atoms with Crippen LogP contribution in [0, 0.1) is 5.92 Å². The van der Waals surface area contributed by atoms with Crippen molar-refractivity contribution < 1.29 is 0 Å². The van der Waals surface area contributed by atoms with Crippen molar-refractivity contribution in [2.45, 2.75) is 157 Å². The lowest BCUT2D eigenvalue weighted by Crippen LogP contribution is -2.29. The molecule has 0 amide bonds. The number of unbranched alkanes of at least 4 members (excludes halogenated alkanes) is 14. The van der Waals surface area contributed by atoms with E-state index in [1.165, 1.54) is 188 Å². The maximum Gasteiger partial charge on any atom is 0.0988 e. The standard InChI is InChI=1S/C58H72N2S2/c1-3-5-7-9-11-13-15-23-37-59-53-35-33-50(47-25-19-17-20-26-47)43-55(53)61-57(59)41-45-29-31-49-32-30-46(40-52(49)39-45)42-58-60(38-24-16-14-12-10-8-6-4-2)54-36-34-51(44-56(54)62-58)48-27-21-18-22-28-48/h17-22,25-28,33-36,39-44,49,57H,3-16,23-24,29-32,37-38H2,1-2H3/b45-41+,58-42-. The van der Waals surface area contributed by atoms with Crippen LogP contribution >= 0.6 is 23.5 Å². The molecule has 0 radical (unpaired) electrons. The van der Waals surface area contributed by atoms with E-state index in [1.807, 2.05) is 11.8 Å². The van der Waals surface area contributed by atoms with Crippen LogP contribution in [-0.2, 0) is 0 Å². The van der Waals surface area contributed by atoms with E-state index < -0.39 is 0 Å². The first kappa shape index (κ1) is 44.7. The molecule has 2 heterocycles.